The highest BCUT2D eigenvalue weighted by molar-refractivity contribution is 7.91. The van der Waals surface area contributed by atoms with E-state index in [1.165, 1.54) is 18.2 Å². The summed E-state index contributed by atoms with van der Waals surface area (Å²) in [4.78, 5) is 0.0174. The monoisotopic (exact) mass is 263 g/mol. The van der Waals surface area contributed by atoms with E-state index >= 15 is 0 Å². The fraction of sp³-hybridized carbons (Fsp3) is 0.222. The van der Waals surface area contributed by atoms with Crippen LogP contribution in [0.25, 0.3) is 0 Å². The van der Waals surface area contributed by atoms with Crippen molar-refractivity contribution in [2.75, 3.05) is 11.6 Å². The van der Waals surface area contributed by atoms with E-state index in [-0.39, 0.29) is 21.6 Å². The highest BCUT2D eigenvalue weighted by Gasteiger charge is 2.17. The lowest BCUT2D eigenvalue weighted by Gasteiger charge is -2.04. The third kappa shape index (κ3) is 2.85. The highest BCUT2D eigenvalue weighted by atomic mass is 35.5. The van der Waals surface area contributed by atoms with Crippen molar-refractivity contribution >= 4 is 33.0 Å². The van der Waals surface area contributed by atoms with Gasteiger partial charge in [0.2, 0.25) is 0 Å². The van der Waals surface area contributed by atoms with Crippen molar-refractivity contribution in [1.29, 1.82) is 5.26 Å². The molecule has 1 aromatic carbocycles. The average Bonchev–Trinajstić information content (AvgIpc) is 2.17. The molecule has 0 radical (unpaired) electrons. The smallest absolute Gasteiger partial charge is 0.181 e. The molecule has 80 valence electrons. The maximum atomic E-state index is 11.6. The van der Waals surface area contributed by atoms with Crippen LogP contribution in [0, 0.1) is 11.3 Å². The molecule has 1 rings (SSSR count). The van der Waals surface area contributed by atoms with Gasteiger partial charge in [-0.2, -0.15) is 5.26 Å². The largest absolute Gasteiger partial charge is 0.224 e. The third-order valence-corrected chi connectivity index (χ3v) is 4.35. The molecule has 0 bridgehead atoms. The van der Waals surface area contributed by atoms with Gasteiger partial charge in [0.1, 0.15) is 0 Å². The molecule has 1 aromatic rings. The molecule has 0 heterocycles. The first-order valence-corrected chi connectivity index (χ1v) is 6.56. The first-order chi connectivity index (χ1) is 7.01. The molecule has 0 aliphatic rings. The molecule has 0 fully saturated rings. The number of hydrogen-bond acceptors (Lipinski definition) is 3. The third-order valence-electron chi connectivity index (χ3n) is 1.74. The van der Waals surface area contributed by atoms with Gasteiger partial charge < -0.3 is 0 Å². The lowest BCUT2D eigenvalue weighted by Crippen LogP contribution is -2.08. The van der Waals surface area contributed by atoms with Crippen LogP contribution in [0.2, 0.25) is 5.02 Å². The van der Waals surface area contributed by atoms with E-state index in [0.717, 1.165) is 0 Å². The molecule has 0 unspecified atom stereocenters. The Balaban J connectivity index is 3.24. The van der Waals surface area contributed by atoms with Crippen molar-refractivity contribution in [3.63, 3.8) is 0 Å². The molecule has 0 saturated carbocycles. The average molecular weight is 264 g/mol. The summed E-state index contributed by atoms with van der Waals surface area (Å²) in [6.45, 7) is 0. The van der Waals surface area contributed by atoms with Crippen molar-refractivity contribution < 1.29 is 8.42 Å². The fourth-order valence-electron chi connectivity index (χ4n) is 1.03. The molecule has 15 heavy (non-hydrogen) atoms. The summed E-state index contributed by atoms with van der Waals surface area (Å²) < 4.78 is 23.2. The maximum Gasteiger partial charge on any atom is 0.181 e. The predicted molar refractivity (Wildman–Crippen MR) is 58.9 cm³/mol. The zero-order valence-corrected chi connectivity index (χ0v) is 9.90. The number of hydrogen-bond donors (Lipinski definition) is 0. The minimum absolute atomic E-state index is 0.0126. The molecule has 0 saturated heterocycles. The van der Waals surface area contributed by atoms with Crippen molar-refractivity contribution in [2.24, 2.45) is 0 Å². The molecule has 0 aliphatic heterocycles. The van der Waals surface area contributed by atoms with Crippen LogP contribution in [0.1, 0.15) is 5.56 Å². The van der Waals surface area contributed by atoms with E-state index in [1.807, 2.05) is 6.07 Å². The SMILES string of the molecule is N#Cc1ccc(S(=O)(=O)CCCl)c(Cl)c1. The Bertz CT molecular complexity index is 505. The minimum Gasteiger partial charge on any atom is -0.224 e. The second kappa shape index (κ2) is 4.84. The van der Waals surface area contributed by atoms with Crippen LogP contribution < -0.4 is 0 Å². The molecule has 3 nitrogen and oxygen atoms in total. The zero-order chi connectivity index (χ0) is 11.5. The predicted octanol–water partition coefficient (Wildman–Crippen LogP) is 2.22. The molecule has 0 atom stereocenters. The lowest BCUT2D eigenvalue weighted by molar-refractivity contribution is 0.597. The maximum absolute atomic E-state index is 11.6. The molecular weight excluding hydrogens is 257 g/mol. The van der Waals surface area contributed by atoms with Crippen LogP contribution in [0.3, 0.4) is 0 Å². The number of alkyl halides is 1. The number of sulfone groups is 1. The number of benzene rings is 1. The van der Waals surface area contributed by atoms with Gasteiger partial charge in [0, 0.05) is 5.88 Å². The summed E-state index contributed by atoms with van der Waals surface area (Å²) in [5, 5.41) is 8.63. The topological polar surface area (TPSA) is 57.9 Å². The molecular formula is C9H7Cl2NO2S. The molecule has 0 aromatic heterocycles. The van der Waals surface area contributed by atoms with Gasteiger partial charge in [-0.3, -0.25) is 0 Å². The van der Waals surface area contributed by atoms with E-state index in [1.54, 1.807) is 0 Å². The van der Waals surface area contributed by atoms with E-state index in [2.05, 4.69) is 0 Å². The Morgan fingerprint density at radius 2 is 2.07 bits per heavy atom. The molecule has 0 amide bonds. The molecule has 0 N–H and O–H groups in total. The van der Waals surface area contributed by atoms with Gasteiger partial charge in [-0.25, -0.2) is 8.42 Å². The Kier molecular flexibility index (Phi) is 3.97. The molecule has 0 aliphatic carbocycles. The van der Waals surface area contributed by atoms with Gasteiger partial charge in [0.15, 0.2) is 9.84 Å². The number of rotatable bonds is 3. The van der Waals surface area contributed by atoms with Crippen LogP contribution in [-0.2, 0) is 9.84 Å². The van der Waals surface area contributed by atoms with Crippen molar-refractivity contribution in [2.45, 2.75) is 4.90 Å². The summed E-state index contributed by atoms with van der Waals surface area (Å²) in [6.07, 6.45) is 0. The fourth-order valence-corrected chi connectivity index (χ4v) is 3.23. The second-order valence-electron chi connectivity index (χ2n) is 2.76. The van der Waals surface area contributed by atoms with E-state index < -0.39 is 9.84 Å². The highest BCUT2D eigenvalue weighted by Crippen LogP contribution is 2.23. The van der Waals surface area contributed by atoms with Crippen LogP contribution in [0.5, 0.6) is 0 Å². The second-order valence-corrected chi connectivity index (χ2v) is 5.63. The van der Waals surface area contributed by atoms with Crippen LogP contribution >= 0.6 is 23.2 Å². The van der Waals surface area contributed by atoms with Gasteiger partial charge in [-0.1, -0.05) is 11.6 Å². The Hall–Kier alpha value is -0.760. The summed E-state index contributed by atoms with van der Waals surface area (Å²) in [7, 11) is -3.44. The van der Waals surface area contributed by atoms with Gasteiger partial charge in [0.05, 0.1) is 27.3 Å². The van der Waals surface area contributed by atoms with Crippen LogP contribution in [0.4, 0.5) is 0 Å². The summed E-state index contributed by atoms with van der Waals surface area (Å²) >= 11 is 11.1. The van der Waals surface area contributed by atoms with Gasteiger partial charge in [-0.05, 0) is 18.2 Å². The summed E-state index contributed by atoms with van der Waals surface area (Å²) in [6, 6.07) is 5.93. The number of halogens is 2. The zero-order valence-electron chi connectivity index (χ0n) is 7.57. The minimum atomic E-state index is -3.44. The summed E-state index contributed by atoms with van der Waals surface area (Å²) in [5.41, 5.74) is 0.324. The van der Waals surface area contributed by atoms with E-state index in [4.69, 9.17) is 28.5 Å². The van der Waals surface area contributed by atoms with Gasteiger partial charge in [0.25, 0.3) is 0 Å². The number of nitrogens with zero attached hydrogens (tertiary/aromatic N) is 1. The Morgan fingerprint density at radius 3 is 2.53 bits per heavy atom. The van der Waals surface area contributed by atoms with Crippen molar-refractivity contribution in [3.8, 4) is 6.07 Å². The van der Waals surface area contributed by atoms with Gasteiger partial charge >= 0.3 is 0 Å². The first kappa shape index (κ1) is 12.3. The van der Waals surface area contributed by atoms with Crippen LogP contribution in [-0.4, -0.2) is 20.1 Å². The van der Waals surface area contributed by atoms with E-state index in [9.17, 15) is 8.42 Å². The Labute approximate surface area is 98.2 Å². The van der Waals surface area contributed by atoms with Crippen molar-refractivity contribution in [1.82, 2.24) is 0 Å². The number of nitriles is 1. The standard InChI is InChI=1S/C9H7Cl2NO2S/c10-3-4-15(13,14)9-2-1-7(6-12)5-8(9)11/h1-2,5H,3-4H2. The van der Waals surface area contributed by atoms with Crippen LogP contribution in [0.15, 0.2) is 23.1 Å². The van der Waals surface area contributed by atoms with E-state index in [0.29, 0.717) is 5.56 Å². The quantitative estimate of drug-likeness (QED) is 0.786. The lowest BCUT2D eigenvalue weighted by atomic mass is 10.2. The van der Waals surface area contributed by atoms with Crippen molar-refractivity contribution in [3.05, 3.63) is 28.8 Å². The first-order valence-electron chi connectivity index (χ1n) is 3.99. The molecule has 0 spiro atoms. The summed E-state index contributed by atoms with van der Waals surface area (Å²) in [5.74, 6) is -0.154. The Morgan fingerprint density at radius 1 is 1.40 bits per heavy atom. The van der Waals surface area contributed by atoms with Gasteiger partial charge in [-0.15, -0.1) is 11.6 Å². The molecule has 6 heteroatoms. The normalized spacial score (nSPS) is 11.0.